The van der Waals surface area contributed by atoms with Gasteiger partial charge in [-0.2, -0.15) is 0 Å². The molecule has 0 spiro atoms. The SMILES string of the molecule is COCCNC(=O)C(=O)NC[C@@H](c1cccnc1)N1CCN(c2ccccc2OC)CC1. The number of pyridine rings is 1. The fraction of sp³-hybridized carbons (Fsp3) is 0.435. The Morgan fingerprint density at radius 1 is 1.03 bits per heavy atom. The van der Waals surface area contributed by atoms with Crippen LogP contribution in [0.1, 0.15) is 11.6 Å². The van der Waals surface area contributed by atoms with Gasteiger partial charge in [-0.05, 0) is 23.8 Å². The third-order valence-electron chi connectivity index (χ3n) is 5.50. The van der Waals surface area contributed by atoms with Gasteiger partial charge in [0.25, 0.3) is 0 Å². The Labute approximate surface area is 188 Å². The number of hydrogen-bond acceptors (Lipinski definition) is 7. The molecule has 2 aromatic rings. The molecule has 32 heavy (non-hydrogen) atoms. The summed E-state index contributed by atoms with van der Waals surface area (Å²) in [6, 6.07) is 11.8. The quantitative estimate of drug-likeness (QED) is 0.440. The first-order chi connectivity index (χ1) is 15.6. The van der Waals surface area contributed by atoms with Gasteiger partial charge >= 0.3 is 11.8 Å². The fourth-order valence-corrected chi connectivity index (χ4v) is 3.81. The third-order valence-corrected chi connectivity index (χ3v) is 5.50. The Bertz CT molecular complexity index is 872. The van der Waals surface area contributed by atoms with Crippen LogP contribution in [0.5, 0.6) is 5.75 Å². The standard InChI is InChI=1S/C23H31N5O4/c1-31-15-10-25-22(29)23(30)26-17-20(18-6-5-9-24-16-18)28-13-11-27(12-14-28)19-7-3-4-8-21(19)32-2/h3-9,16,20H,10-15,17H2,1-2H3,(H,25,29)(H,26,30)/t20-/m0/s1. The van der Waals surface area contributed by atoms with Gasteiger partial charge in [-0.3, -0.25) is 19.5 Å². The molecule has 1 fully saturated rings. The number of rotatable bonds is 9. The minimum Gasteiger partial charge on any atom is -0.495 e. The first-order valence-corrected chi connectivity index (χ1v) is 10.7. The maximum atomic E-state index is 12.2. The molecule has 2 N–H and O–H groups in total. The lowest BCUT2D eigenvalue weighted by Gasteiger charge is -2.40. The monoisotopic (exact) mass is 441 g/mol. The molecule has 0 bridgehead atoms. The Hall–Kier alpha value is -3.17. The summed E-state index contributed by atoms with van der Waals surface area (Å²) >= 11 is 0. The predicted octanol–water partition coefficient (Wildman–Crippen LogP) is 0.832. The van der Waals surface area contributed by atoms with Gasteiger partial charge in [-0.15, -0.1) is 0 Å². The number of anilines is 1. The van der Waals surface area contributed by atoms with E-state index < -0.39 is 11.8 Å². The molecule has 1 atom stereocenters. The van der Waals surface area contributed by atoms with E-state index >= 15 is 0 Å². The van der Waals surface area contributed by atoms with Gasteiger partial charge < -0.3 is 25.0 Å². The number of piperazine rings is 1. The molecule has 1 aliphatic heterocycles. The number of para-hydroxylation sites is 2. The van der Waals surface area contributed by atoms with Gasteiger partial charge in [0, 0.05) is 58.8 Å². The molecule has 0 saturated carbocycles. The zero-order valence-corrected chi connectivity index (χ0v) is 18.6. The Kier molecular flexibility index (Phi) is 8.82. The number of nitrogens with one attached hydrogen (secondary N) is 2. The molecule has 0 radical (unpaired) electrons. The number of carbonyl (C=O) groups excluding carboxylic acids is 2. The zero-order valence-electron chi connectivity index (χ0n) is 18.6. The number of methoxy groups -OCH3 is 2. The smallest absolute Gasteiger partial charge is 0.309 e. The number of aromatic nitrogens is 1. The third kappa shape index (κ3) is 6.18. The molecule has 0 aliphatic carbocycles. The number of ether oxygens (including phenoxy) is 2. The number of hydrogen-bond donors (Lipinski definition) is 2. The van der Waals surface area contributed by atoms with E-state index in [4.69, 9.17) is 9.47 Å². The van der Waals surface area contributed by atoms with E-state index in [0.717, 1.165) is 43.2 Å². The lowest BCUT2D eigenvalue weighted by molar-refractivity contribution is -0.139. The highest BCUT2D eigenvalue weighted by Crippen LogP contribution is 2.30. The number of carbonyl (C=O) groups is 2. The van der Waals surface area contributed by atoms with Crippen LogP contribution < -0.4 is 20.3 Å². The molecule has 9 heteroatoms. The molecule has 2 amide bonds. The summed E-state index contributed by atoms with van der Waals surface area (Å²) in [5.74, 6) is -0.452. The molecule has 1 aliphatic rings. The molecule has 1 aromatic carbocycles. The first-order valence-electron chi connectivity index (χ1n) is 10.7. The number of nitrogens with zero attached hydrogens (tertiary/aromatic N) is 3. The second kappa shape index (κ2) is 12.0. The van der Waals surface area contributed by atoms with E-state index in [-0.39, 0.29) is 6.04 Å². The van der Waals surface area contributed by atoms with Crippen LogP contribution >= 0.6 is 0 Å². The van der Waals surface area contributed by atoms with Crippen LogP contribution in [0.15, 0.2) is 48.8 Å². The van der Waals surface area contributed by atoms with Crippen LogP contribution in [0.25, 0.3) is 0 Å². The maximum Gasteiger partial charge on any atom is 0.309 e. The lowest BCUT2D eigenvalue weighted by Crippen LogP contribution is -2.51. The van der Waals surface area contributed by atoms with E-state index in [0.29, 0.717) is 19.7 Å². The van der Waals surface area contributed by atoms with Gasteiger partial charge in [0.1, 0.15) is 5.75 Å². The predicted molar refractivity (Wildman–Crippen MR) is 122 cm³/mol. The highest BCUT2D eigenvalue weighted by molar-refractivity contribution is 6.35. The van der Waals surface area contributed by atoms with E-state index in [1.807, 2.05) is 36.5 Å². The second-order valence-corrected chi connectivity index (χ2v) is 7.46. The second-order valence-electron chi connectivity index (χ2n) is 7.46. The van der Waals surface area contributed by atoms with Crippen LogP contribution in [0.2, 0.25) is 0 Å². The molecular formula is C23H31N5O4. The molecule has 1 aromatic heterocycles. The van der Waals surface area contributed by atoms with E-state index in [2.05, 4.69) is 31.5 Å². The Morgan fingerprint density at radius 3 is 2.47 bits per heavy atom. The number of benzene rings is 1. The van der Waals surface area contributed by atoms with Crippen LogP contribution in [-0.2, 0) is 14.3 Å². The molecule has 2 heterocycles. The summed E-state index contributed by atoms with van der Waals surface area (Å²) in [6.45, 7) is 4.20. The average molecular weight is 442 g/mol. The fourth-order valence-electron chi connectivity index (χ4n) is 3.81. The summed E-state index contributed by atoms with van der Waals surface area (Å²) in [5, 5.41) is 5.31. The van der Waals surface area contributed by atoms with Crippen LogP contribution in [-0.4, -0.2) is 81.8 Å². The summed E-state index contributed by atoms with van der Waals surface area (Å²) < 4.78 is 10.4. The van der Waals surface area contributed by atoms with E-state index in [9.17, 15) is 9.59 Å². The summed E-state index contributed by atoms with van der Waals surface area (Å²) in [6.07, 6.45) is 3.53. The Morgan fingerprint density at radius 2 is 1.78 bits per heavy atom. The summed E-state index contributed by atoms with van der Waals surface area (Å²) in [7, 11) is 3.22. The van der Waals surface area contributed by atoms with Crippen molar-refractivity contribution in [3.63, 3.8) is 0 Å². The van der Waals surface area contributed by atoms with Crippen molar-refractivity contribution < 1.29 is 19.1 Å². The summed E-state index contributed by atoms with van der Waals surface area (Å²) in [5.41, 5.74) is 2.08. The highest BCUT2D eigenvalue weighted by atomic mass is 16.5. The van der Waals surface area contributed by atoms with Gasteiger partial charge in [-0.25, -0.2) is 0 Å². The van der Waals surface area contributed by atoms with Crippen molar-refractivity contribution in [3.8, 4) is 5.75 Å². The molecular weight excluding hydrogens is 410 g/mol. The molecule has 172 valence electrons. The van der Waals surface area contributed by atoms with E-state index in [1.54, 1.807) is 20.4 Å². The van der Waals surface area contributed by atoms with Crippen molar-refractivity contribution in [3.05, 3.63) is 54.4 Å². The van der Waals surface area contributed by atoms with Crippen LogP contribution in [0, 0.1) is 0 Å². The van der Waals surface area contributed by atoms with Gasteiger partial charge in [0.05, 0.1) is 25.4 Å². The zero-order chi connectivity index (χ0) is 22.8. The minimum atomic E-state index is -0.659. The van der Waals surface area contributed by atoms with Crippen molar-refractivity contribution in [2.45, 2.75) is 6.04 Å². The van der Waals surface area contributed by atoms with Crippen molar-refractivity contribution in [2.75, 3.05) is 65.0 Å². The van der Waals surface area contributed by atoms with Crippen LogP contribution in [0.3, 0.4) is 0 Å². The van der Waals surface area contributed by atoms with Crippen molar-refractivity contribution in [1.29, 1.82) is 0 Å². The minimum absolute atomic E-state index is 0.0840. The largest absolute Gasteiger partial charge is 0.495 e. The van der Waals surface area contributed by atoms with Gasteiger partial charge in [0.2, 0.25) is 0 Å². The topological polar surface area (TPSA) is 96.0 Å². The number of amides is 2. The van der Waals surface area contributed by atoms with Gasteiger partial charge in [-0.1, -0.05) is 18.2 Å². The average Bonchev–Trinajstić information content (AvgIpc) is 2.85. The highest BCUT2D eigenvalue weighted by Gasteiger charge is 2.27. The lowest BCUT2D eigenvalue weighted by atomic mass is 10.1. The first kappa shape index (κ1) is 23.5. The van der Waals surface area contributed by atoms with E-state index in [1.165, 1.54) is 0 Å². The van der Waals surface area contributed by atoms with Crippen molar-refractivity contribution in [1.82, 2.24) is 20.5 Å². The maximum absolute atomic E-state index is 12.2. The van der Waals surface area contributed by atoms with Crippen LogP contribution in [0.4, 0.5) is 5.69 Å². The summed E-state index contributed by atoms with van der Waals surface area (Å²) in [4.78, 5) is 33.1. The van der Waals surface area contributed by atoms with Crippen molar-refractivity contribution >= 4 is 17.5 Å². The molecule has 3 rings (SSSR count). The van der Waals surface area contributed by atoms with Crippen molar-refractivity contribution in [2.24, 2.45) is 0 Å². The Balaban J connectivity index is 1.63. The molecule has 1 saturated heterocycles. The normalized spacial score (nSPS) is 15.1. The van der Waals surface area contributed by atoms with Gasteiger partial charge in [0.15, 0.2) is 0 Å². The molecule has 9 nitrogen and oxygen atoms in total. The molecule has 0 unspecified atom stereocenters.